The van der Waals surface area contributed by atoms with Gasteiger partial charge in [-0.1, -0.05) is 42.5 Å². The van der Waals surface area contributed by atoms with Gasteiger partial charge in [0.1, 0.15) is 5.82 Å². The van der Waals surface area contributed by atoms with Crippen LogP contribution in [0.5, 0.6) is 0 Å². The first kappa shape index (κ1) is 18.7. The van der Waals surface area contributed by atoms with Gasteiger partial charge in [0.15, 0.2) is 0 Å². The molecule has 28 heavy (non-hydrogen) atoms. The number of H-pyrrole nitrogens is 1. The van der Waals surface area contributed by atoms with Crippen molar-refractivity contribution in [3.63, 3.8) is 0 Å². The predicted molar refractivity (Wildman–Crippen MR) is 110 cm³/mol. The summed E-state index contributed by atoms with van der Waals surface area (Å²) in [5.41, 5.74) is 3.60. The van der Waals surface area contributed by atoms with Crippen molar-refractivity contribution in [2.24, 2.45) is 0 Å². The normalized spacial score (nSPS) is 17.3. The average Bonchev–Trinajstić information content (AvgIpc) is 3.29. The van der Waals surface area contributed by atoms with Crippen LogP contribution in [0.4, 0.5) is 4.39 Å². The van der Waals surface area contributed by atoms with Crippen molar-refractivity contribution >= 4 is 16.8 Å². The molecule has 0 bridgehead atoms. The van der Waals surface area contributed by atoms with Gasteiger partial charge in [0.2, 0.25) is 5.91 Å². The fraction of sp³-hybridized carbons (Fsp3) is 0.348. The van der Waals surface area contributed by atoms with E-state index in [9.17, 15) is 9.18 Å². The number of carbonyl (C=O) groups is 1. The molecule has 146 valence electrons. The number of fused-ring (bicyclic) bond motifs is 1. The predicted octanol–water partition coefficient (Wildman–Crippen LogP) is 3.76. The number of amides is 1. The summed E-state index contributed by atoms with van der Waals surface area (Å²) in [7, 11) is 0. The first-order valence-corrected chi connectivity index (χ1v) is 9.91. The third-order valence-corrected chi connectivity index (χ3v) is 5.73. The smallest absolute Gasteiger partial charge is 0.224 e. The molecule has 1 aromatic heterocycles. The first-order valence-electron chi connectivity index (χ1n) is 9.91. The van der Waals surface area contributed by atoms with Gasteiger partial charge in [0.25, 0.3) is 0 Å². The fourth-order valence-electron chi connectivity index (χ4n) is 4.20. The van der Waals surface area contributed by atoms with Crippen LogP contribution in [0, 0.1) is 12.7 Å². The topological polar surface area (TPSA) is 48.1 Å². The Balaban J connectivity index is 1.28. The summed E-state index contributed by atoms with van der Waals surface area (Å²) < 4.78 is 13.9. The molecule has 0 aliphatic carbocycles. The minimum absolute atomic E-state index is 0.0212. The lowest BCUT2D eigenvalue weighted by molar-refractivity contribution is -0.120. The van der Waals surface area contributed by atoms with E-state index in [1.165, 1.54) is 11.6 Å². The molecule has 5 heteroatoms. The van der Waals surface area contributed by atoms with Crippen LogP contribution in [0.3, 0.4) is 0 Å². The van der Waals surface area contributed by atoms with Gasteiger partial charge in [0, 0.05) is 30.7 Å². The number of nitrogens with zero attached hydrogens (tertiary/aromatic N) is 1. The highest BCUT2D eigenvalue weighted by Gasteiger charge is 2.23. The summed E-state index contributed by atoms with van der Waals surface area (Å²) in [6.45, 7) is 5.49. The van der Waals surface area contributed by atoms with Gasteiger partial charge >= 0.3 is 0 Å². The maximum Gasteiger partial charge on any atom is 0.224 e. The zero-order valence-corrected chi connectivity index (χ0v) is 16.2. The zero-order valence-electron chi connectivity index (χ0n) is 16.2. The molecule has 0 unspecified atom stereocenters. The molecule has 0 radical (unpaired) electrons. The summed E-state index contributed by atoms with van der Waals surface area (Å²) in [4.78, 5) is 17.9. The molecule has 0 spiro atoms. The Morgan fingerprint density at radius 2 is 2.04 bits per heavy atom. The molecule has 1 aliphatic heterocycles. The van der Waals surface area contributed by atoms with E-state index in [0.717, 1.165) is 42.7 Å². The highest BCUT2D eigenvalue weighted by Crippen LogP contribution is 2.27. The summed E-state index contributed by atoms with van der Waals surface area (Å²) >= 11 is 0. The van der Waals surface area contributed by atoms with E-state index in [0.29, 0.717) is 18.0 Å². The Morgan fingerprint density at radius 3 is 2.86 bits per heavy atom. The highest BCUT2D eigenvalue weighted by molar-refractivity contribution is 5.90. The third-order valence-electron chi connectivity index (χ3n) is 5.73. The van der Waals surface area contributed by atoms with Crippen molar-refractivity contribution in [3.05, 3.63) is 71.2 Å². The number of halogens is 1. The molecule has 3 aromatic rings. The lowest BCUT2D eigenvalue weighted by Crippen LogP contribution is -2.34. The summed E-state index contributed by atoms with van der Waals surface area (Å²) in [6, 6.07) is 15.6. The SMILES string of the molecule is Cc1[nH]c2c(F)cccc2c1CC(=O)NCCN1CC[C@@H](c2ccccc2)C1. The second kappa shape index (κ2) is 8.15. The number of para-hydroxylation sites is 1. The maximum atomic E-state index is 13.9. The van der Waals surface area contributed by atoms with Gasteiger partial charge in [-0.3, -0.25) is 4.79 Å². The molecule has 1 fully saturated rings. The highest BCUT2D eigenvalue weighted by atomic mass is 19.1. The minimum Gasteiger partial charge on any atom is -0.356 e. The zero-order chi connectivity index (χ0) is 19.5. The Morgan fingerprint density at radius 1 is 1.21 bits per heavy atom. The molecule has 4 nitrogen and oxygen atoms in total. The van der Waals surface area contributed by atoms with E-state index < -0.39 is 0 Å². The maximum absolute atomic E-state index is 13.9. The van der Waals surface area contributed by atoms with Crippen LogP contribution in [-0.2, 0) is 11.2 Å². The number of aromatic nitrogens is 1. The van der Waals surface area contributed by atoms with Crippen molar-refractivity contribution in [2.75, 3.05) is 26.2 Å². The second-order valence-electron chi connectivity index (χ2n) is 7.61. The largest absolute Gasteiger partial charge is 0.356 e. The number of aromatic amines is 1. The molecule has 0 saturated carbocycles. The average molecular weight is 379 g/mol. The van der Waals surface area contributed by atoms with Gasteiger partial charge in [-0.05, 0) is 43.0 Å². The molecular weight excluding hydrogens is 353 g/mol. The molecule has 1 saturated heterocycles. The van der Waals surface area contributed by atoms with E-state index in [1.54, 1.807) is 6.07 Å². The number of carbonyl (C=O) groups excluding carboxylic acids is 1. The van der Waals surface area contributed by atoms with Gasteiger partial charge in [0.05, 0.1) is 11.9 Å². The number of benzene rings is 2. The van der Waals surface area contributed by atoms with Crippen molar-refractivity contribution in [1.82, 2.24) is 15.2 Å². The summed E-state index contributed by atoms with van der Waals surface area (Å²) in [5, 5.41) is 3.81. The first-order chi connectivity index (χ1) is 13.6. The van der Waals surface area contributed by atoms with Crippen LogP contribution >= 0.6 is 0 Å². The standard InChI is InChI=1S/C23H26FN3O/c1-16-20(19-8-5-9-21(24)23(19)26-16)14-22(28)25-11-13-27-12-10-18(15-27)17-6-3-2-4-7-17/h2-9,18,26H,10-15H2,1H3,(H,25,28)/t18-/m1/s1. The third kappa shape index (κ3) is 3.94. The minimum atomic E-state index is -0.283. The Hall–Kier alpha value is -2.66. The van der Waals surface area contributed by atoms with E-state index >= 15 is 0 Å². The number of aryl methyl sites for hydroxylation is 1. The number of hydrogen-bond donors (Lipinski definition) is 2. The Kier molecular flexibility index (Phi) is 5.44. The van der Waals surface area contributed by atoms with Crippen molar-refractivity contribution in [1.29, 1.82) is 0 Å². The summed E-state index contributed by atoms with van der Waals surface area (Å²) in [5.74, 6) is 0.280. The molecule has 1 aliphatic rings. The Labute approximate surface area is 164 Å². The van der Waals surface area contributed by atoms with E-state index in [2.05, 4.69) is 45.5 Å². The quantitative estimate of drug-likeness (QED) is 0.685. The number of nitrogens with one attached hydrogen (secondary N) is 2. The second-order valence-corrected chi connectivity index (χ2v) is 7.61. The van der Waals surface area contributed by atoms with Gasteiger partial charge in [-0.15, -0.1) is 0 Å². The molecule has 1 amide bonds. The van der Waals surface area contributed by atoms with Crippen molar-refractivity contribution < 1.29 is 9.18 Å². The molecule has 1 atom stereocenters. The van der Waals surface area contributed by atoms with Crippen LogP contribution in [0.15, 0.2) is 48.5 Å². The van der Waals surface area contributed by atoms with Gasteiger partial charge < -0.3 is 15.2 Å². The molecule has 2 heterocycles. The van der Waals surface area contributed by atoms with Crippen LogP contribution < -0.4 is 5.32 Å². The van der Waals surface area contributed by atoms with Crippen molar-refractivity contribution in [2.45, 2.75) is 25.7 Å². The van der Waals surface area contributed by atoms with Gasteiger partial charge in [-0.25, -0.2) is 4.39 Å². The van der Waals surface area contributed by atoms with Crippen molar-refractivity contribution in [3.8, 4) is 0 Å². The van der Waals surface area contributed by atoms with Crippen LogP contribution in [-0.4, -0.2) is 42.0 Å². The summed E-state index contributed by atoms with van der Waals surface area (Å²) in [6.07, 6.45) is 1.43. The van der Waals surface area contributed by atoms with Gasteiger partial charge in [-0.2, -0.15) is 0 Å². The molecule has 2 N–H and O–H groups in total. The molecular formula is C23H26FN3O. The monoisotopic (exact) mass is 379 g/mol. The lowest BCUT2D eigenvalue weighted by Gasteiger charge is -2.16. The Bertz CT molecular complexity index is 967. The molecule has 4 rings (SSSR count). The number of likely N-dealkylation sites (tertiary alicyclic amines) is 1. The van der Waals surface area contributed by atoms with Crippen LogP contribution in [0.25, 0.3) is 10.9 Å². The lowest BCUT2D eigenvalue weighted by atomic mass is 9.99. The van der Waals surface area contributed by atoms with E-state index in [-0.39, 0.29) is 18.1 Å². The van der Waals surface area contributed by atoms with Crippen LogP contribution in [0.1, 0.15) is 29.2 Å². The van der Waals surface area contributed by atoms with Crippen LogP contribution in [0.2, 0.25) is 0 Å². The fourth-order valence-corrected chi connectivity index (χ4v) is 4.20. The number of rotatable bonds is 6. The van der Waals surface area contributed by atoms with E-state index in [4.69, 9.17) is 0 Å². The molecule has 2 aromatic carbocycles. The number of hydrogen-bond acceptors (Lipinski definition) is 2. The van der Waals surface area contributed by atoms with E-state index in [1.807, 2.05) is 13.0 Å².